The second-order valence-corrected chi connectivity index (χ2v) is 4.77. The molecule has 2 aromatic carbocycles. The van der Waals surface area contributed by atoms with Gasteiger partial charge in [0.05, 0.1) is 0 Å². The van der Waals surface area contributed by atoms with E-state index in [0.29, 0.717) is 13.0 Å². The normalized spacial score (nSPS) is 10.2. The Labute approximate surface area is 124 Å². The molecule has 0 aliphatic rings. The molecule has 0 aliphatic heterocycles. The van der Waals surface area contributed by atoms with Gasteiger partial charge in [-0.3, -0.25) is 0 Å². The van der Waals surface area contributed by atoms with E-state index in [9.17, 15) is 9.18 Å². The van der Waals surface area contributed by atoms with Crippen molar-refractivity contribution in [3.63, 3.8) is 0 Å². The highest BCUT2D eigenvalue weighted by molar-refractivity contribution is 5.90. The fourth-order valence-corrected chi connectivity index (χ4v) is 2.13. The lowest BCUT2D eigenvalue weighted by Crippen LogP contribution is -2.30. The number of para-hydroxylation sites is 1. The maximum absolute atomic E-state index is 13.0. The number of hydrogen-bond donors (Lipinski definition) is 2. The van der Waals surface area contributed by atoms with Gasteiger partial charge in [-0.25, -0.2) is 9.18 Å². The number of amides is 2. The zero-order chi connectivity index (χ0) is 15.1. The Morgan fingerprint density at radius 2 is 1.95 bits per heavy atom. The number of aryl methyl sites for hydroxylation is 1. The average molecular weight is 286 g/mol. The average Bonchev–Trinajstić information content (AvgIpc) is 2.48. The number of anilines is 1. The van der Waals surface area contributed by atoms with Crippen LogP contribution in [0.2, 0.25) is 0 Å². The van der Waals surface area contributed by atoms with E-state index in [1.54, 1.807) is 6.07 Å². The van der Waals surface area contributed by atoms with Crippen LogP contribution in [0, 0.1) is 5.82 Å². The third-order valence-corrected chi connectivity index (χ3v) is 3.23. The summed E-state index contributed by atoms with van der Waals surface area (Å²) in [6, 6.07) is 13.9. The van der Waals surface area contributed by atoms with Gasteiger partial charge < -0.3 is 10.6 Å². The number of benzene rings is 2. The number of rotatable bonds is 5. The molecule has 0 spiro atoms. The Hall–Kier alpha value is -2.36. The van der Waals surface area contributed by atoms with Crippen molar-refractivity contribution < 1.29 is 9.18 Å². The van der Waals surface area contributed by atoms with Gasteiger partial charge in [-0.1, -0.05) is 37.3 Å². The number of halogens is 1. The molecular formula is C17H19FN2O. The lowest BCUT2D eigenvalue weighted by molar-refractivity contribution is 0.252. The maximum atomic E-state index is 13.0. The van der Waals surface area contributed by atoms with E-state index < -0.39 is 0 Å². The second-order valence-electron chi connectivity index (χ2n) is 4.77. The van der Waals surface area contributed by atoms with Gasteiger partial charge in [0.1, 0.15) is 5.82 Å². The largest absolute Gasteiger partial charge is 0.338 e. The van der Waals surface area contributed by atoms with E-state index in [-0.39, 0.29) is 11.8 Å². The highest BCUT2D eigenvalue weighted by Gasteiger charge is 2.04. The Morgan fingerprint density at radius 1 is 1.14 bits per heavy atom. The van der Waals surface area contributed by atoms with E-state index in [1.807, 2.05) is 37.3 Å². The van der Waals surface area contributed by atoms with Crippen LogP contribution < -0.4 is 10.6 Å². The lowest BCUT2D eigenvalue weighted by Gasteiger charge is -2.11. The zero-order valence-electron chi connectivity index (χ0n) is 12.0. The van der Waals surface area contributed by atoms with Crippen molar-refractivity contribution in [1.29, 1.82) is 0 Å². The van der Waals surface area contributed by atoms with Crippen LogP contribution >= 0.6 is 0 Å². The molecule has 4 heteroatoms. The molecule has 2 rings (SSSR count). The molecule has 3 nitrogen and oxygen atoms in total. The molecule has 0 saturated heterocycles. The van der Waals surface area contributed by atoms with Crippen molar-refractivity contribution >= 4 is 11.7 Å². The monoisotopic (exact) mass is 286 g/mol. The minimum atomic E-state index is -0.256. The first-order valence-electron chi connectivity index (χ1n) is 7.06. The molecule has 0 heterocycles. The summed E-state index contributed by atoms with van der Waals surface area (Å²) in [4.78, 5) is 11.8. The number of hydrogen-bond acceptors (Lipinski definition) is 1. The molecule has 0 bridgehead atoms. The minimum Gasteiger partial charge on any atom is -0.338 e. The molecule has 110 valence electrons. The summed E-state index contributed by atoms with van der Waals surface area (Å²) >= 11 is 0. The van der Waals surface area contributed by atoms with Crippen LogP contribution in [0.15, 0.2) is 48.5 Å². The lowest BCUT2D eigenvalue weighted by atomic mass is 10.1. The Morgan fingerprint density at radius 3 is 2.71 bits per heavy atom. The van der Waals surface area contributed by atoms with Crippen LogP contribution in [-0.2, 0) is 12.8 Å². The van der Waals surface area contributed by atoms with Gasteiger partial charge in [0, 0.05) is 12.2 Å². The van der Waals surface area contributed by atoms with Gasteiger partial charge in [0.2, 0.25) is 0 Å². The van der Waals surface area contributed by atoms with E-state index >= 15 is 0 Å². The first-order chi connectivity index (χ1) is 10.2. The molecule has 2 aromatic rings. The summed E-state index contributed by atoms with van der Waals surface area (Å²) in [5.41, 5.74) is 2.78. The molecule has 0 saturated carbocycles. The summed E-state index contributed by atoms with van der Waals surface area (Å²) < 4.78 is 13.0. The minimum absolute atomic E-state index is 0.243. The highest BCUT2D eigenvalue weighted by atomic mass is 19.1. The van der Waals surface area contributed by atoms with Gasteiger partial charge in [-0.15, -0.1) is 0 Å². The molecular weight excluding hydrogens is 267 g/mol. The van der Waals surface area contributed by atoms with Crippen LogP contribution in [-0.4, -0.2) is 12.6 Å². The van der Waals surface area contributed by atoms with Crippen LogP contribution in [0.1, 0.15) is 18.1 Å². The third kappa shape index (κ3) is 4.60. The highest BCUT2D eigenvalue weighted by Crippen LogP contribution is 2.15. The predicted molar refractivity (Wildman–Crippen MR) is 82.9 cm³/mol. The molecule has 21 heavy (non-hydrogen) atoms. The molecule has 0 aromatic heterocycles. The maximum Gasteiger partial charge on any atom is 0.319 e. The smallest absolute Gasteiger partial charge is 0.319 e. The summed E-state index contributed by atoms with van der Waals surface area (Å²) in [5.74, 6) is -0.256. The van der Waals surface area contributed by atoms with Crippen LogP contribution in [0.25, 0.3) is 0 Å². The summed E-state index contributed by atoms with van der Waals surface area (Å²) in [6.45, 7) is 2.51. The third-order valence-electron chi connectivity index (χ3n) is 3.23. The van der Waals surface area contributed by atoms with E-state index in [4.69, 9.17) is 0 Å². The fourth-order valence-electron chi connectivity index (χ4n) is 2.13. The number of nitrogens with one attached hydrogen (secondary N) is 2. The summed E-state index contributed by atoms with van der Waals surface area (Å²) in [6.07, 6.45) is 1.46. The summed E-state index contributed by atoms with van der Waals surface area (Å²) in [7, 11) is 0. The molecule has 0 fully saturated rings. The second kappa shape index (κ2) is 7.43. The van der Waals surface area contributed by atoms with Gasteiger partial charge in [-0.05, 0) is 42.2 Å². The fraction of sp³-hybridized carbons (Fsp3) is 0.235. The van der Waals surface area contributed by atoms with E-state index in [0.717, 1.165) is 23.2 Å². The quantitative estimate of drug-likeness (QED) is 0.863. The Kier molecular flexibility index (Phi) is 5.32. The molecule has 0 radical (unpaired) electrons. The van der Waals surface area contributed by atoms with Gasteiger partial charge >= 0.3 is 6.03 Å². The molecule has 0 aliphatic carbocycles. The predicted octanol–water partition coefficient (Wildman–Crippen LogP) is 3.75. The number of carbonyl (C=O) groups is 1. The van der Waals surface area contributed by atoms with Crippen LogP contribution in [0.3, 0.4) is 0 Å². The topological polar surface area (TPSA) is 41.1 Å². The first kappa shape index (κ1) is 15.0. The van der Waals surface area contributed by atoms with E-state index in [1.165, 1.54) is 12.1 Å². The van der Waals surface area contributed by atoms with Gasteiger partial charge in [0.15, 0.2) is 0 Å². The molecule has 2 N–H and O–H groups in total. The van der Waals surface area contributed by atoms with Crippen molar-refractivity contribution in [2.45, 2.75) is 19.8 Å². The van der Waals surface area contributed by atoms with Crippen molar-refractivity contribution in [3.8, 4) is 0 Å². The molecule has 2 amide bonds. The van der Waals surface area contributed by atoms with Gasteiger partial charge in [0.25, 0.3) is 0 Å². The first-order valence-corrected chi connectivity index (χ1v) is 7.06. The van der Waals surface area contributed by atoms with Crippen molar-refractivity contribution in [3.05, 3.63) is 65.5 Å². The van der Waals surface area contributed by atoms with Crippen molar-refractivity contribution in [1.82, 2.24) is 5.32 Å². The van der Waals surface area contributed by atoms with Crippen LogP contribution in [0.5, 0.6) is 0 Å². The SMILES string of the molecule is CCc1ccccc1NC(=O)NCCc1cccc(F)c1. The Balaban J connectivity index is 1.82. The van der Waals surface area contributed by atoms with Crippen LogP contribution in [0.4, 0.5) is 14.9 Å². The standard InChI is InChI=1S/C17H19FN2O/c1-2-14-7-3-4-9-16(14)20-17(21)19-11-10-13-6-5-8-15(18)12-13/h3-9,12H,2,10-11H2,1H3,(H2,19,20,21). The molecule has 0 atom stereocenters. The number of urea groups is 1. The van der Waals surface area contributed by atoms with Crippen molar-refractivity contribution in [2.75, 3.05) is 11.9 Å². The van der Waals surface area contributed by atoms with E-state index in [2.05, 4.69) is 10.6 Å². The summed E-state index contributed by atoms with van der Waals surface area (Å²) in [5, 5.41) is 5.61. The Bertz CT molecular complexity index is 613. The molecule has 0 unspecified atom stereocenters. The van der Waals surface area contributed by atoms with Gasteiger partial charge in [-0.2, -0.15) is 0 Å². The number of carbonyl (C=O) groups excluding carboxylic acids is 1. The zero-order valence-corrected chi connectivity index (χ0v) is 12.0. The van der Waals surface area contributed by atoms with Crippen molar-refractivity contribution in [2.24, 2.45) is 0 Å².